The molecule has 3 saturated heterocycles. The predicted octanol–water partition coefficient (Wildman–Crippen LogP) is 18.0. The molecule has 6 saturated carbocycles. The third-order valence-corrected chi connectivity index (χ3v) is 13.4. The first-order chi connectivity index (χ1) is 34.1. The molecule has 3 aliphatic heterocycles. The van der Waals surface area contributed by atoms with Crippen LogP contribution in [0.1, 0.15) is 187 Å². The van der Waals surface area contributed by atoms with E-state index in [0.717, 1.165) is 37.1 Å². The van der Waals surface area contributed by atoms with Crippen LogP contribution in [0.3, 0.4) is 0 Å². The van der Waals surface area contributed by atoms with Gasteiger partial charge in [-0.1, -0.05) is 177 Å². The molecule has 0 amide bonds. The molecule has 0 radical (unpaired) electrons. The summed E-state index contributed by atoms with van der Waals surface area (Å²) in [5.74, 6) is 12.4. The molecule has 0 aromatic heterocycles. The molecule has 396 valence electrons. The first-order valence-corrected chi connectivity index (χ1v) is 29.0. The van der Waals surface area contributed by atoms with Crippen molar-refractivity contribution in [3.63, 3.8) is 0 Å². The van der Waals surface area contributed by atoms with Crippen molar-refractivity contribution in [3.05, 3.63) is 91.0 Å². The number of benzene rings is 3. The number of rotatable bonds is 9. The van der Waals surface area contributed by atoms with E-state index in [2.05, 4.69) is 27.7 Å². The van der Waals surface area contributed by atoms with Crippen molar-refractivity contribution in [3.8, 4) is 17.2 Å². The number of para-hydroxylation sites is 3. The van der Waals surface area contributed by atoms with Crippen molar-refractivity contribution in [2.75, 3.05) is 39.6 Å². The summed E-state index contributed by atoms with van der Waals surface area (Å²) in [6.45, 7) is 33.1. The van der Waals surface area contributed by atoms with Crippen molar-refractivity contribution in [1.29, 1.82) is 0 Å². The molecule has 6 heteroatoms. The highest BCUT2D eigenvalue weighted by atomic mass is 16.6. The third-order valence-electron chi connectivity index (χ3n) is 13.4. The second-order valence-corrected chi connectivity index (χ2v) is 18.3. The monoisotopic (exact) mass is 961 g/mol. The van der Waals surface area contributed by atoms with E-state index in [0.29, 0.717) is 38.1 Å². The molecule has 3 heterocycles. The summed E-state index contributed by atoms with van der Waals surface area (Å²) < 4.78 is 31.2. The molecule has 0 spiro atoms. The third kappa shape index (κ3) is 26.3. The molecule has 11 atom stereocenters. The van der Waals surface area contributed by atoms with Gasteiger partial charge < -0.3 is 28.4 Å². The second kappa shape index (κ2) is 41.5. The first kappa shape index (κ1) is 64.0. The Morgan fingerprint density at radius 3 is 0.739 bits per heavy atom. The molecule has 6 aliphatic carbocycles. The quantitative estimate of drug-likeness (QED) is 0.199. The number of hydrogen-bond donors (Lipinski definition) is 0. The minimum atomic E-state index is 0.343. The Bertz CT molecular complexity index is 1320. The highest BCUT2D eigenvalue weighted by molar-refractivity contribution is 5.22. The van der Waals surface area contributed by atoms with Gasteiger partial charge in [0.05, 0.1) is 19.8 Å². The highest BCUT2D eigenvalue weighted by Crippen LogP contribution is 2.59. The summed E-state index contributed by atoms with van der Waals surface area (Å²) in [4.78, 5) is 0. The van der Waals surface area contributed by atoms with Gasteiger partial charge in [-0.3, -0.25) is 0 Å². The smallest absolute Gasteiger partial charge is 0.119 e. The summed E-state index contributed by atoms with van der Waals surface area (Å²) >= 11 is 0. The summed E-state index contributed by atoms with van der Waals surface area (Å²) in [6.07, 6.45) is 22.6. The van der Waals surface area contributed by atoms with Gasteiger partial charge in [0.2, 0.25) is 0 Å². The maximum absolute atomic E-state index is 5.40. The van der Waals surface area contributed by atoms with Gasteiger partial charge in [0.1, 0.15) is 55.4 Å². The van der Waals surface area contributed by atoms with Crippen LogP contribution in [0.5, 0.6) is 17.2 Å². The Hall–Kier alpha value is -3.06. The van der Waals surface area contributed by atoms with Crippen LogP contribution in [0.25, 0.3) is 0 Å². The maximum atomic E-state index is 5.40. The molecule has 4 bridgehead atoms. The van der Waals surface area contributed by atoms with Crippen LogP contribution < -0.4 is 14.2 Å². The van der Waals surface area contributed by atoms with Crippen LogP contribution >= 0.6 is 0 Å². The van der Waals surface area contributed by atoms with Gasteiger partial charge in [0.15, 0.2) is 0 Å². The molecular weight excluding hydrogens is 853 g/mol. The Morgan fingerprint density at radius 1 is 0.348 bits per heavy atom. The average molecular weight is 962 g/mol. The molecule has 0 N–H and O–H groups in total. The number of epoxide rings is 3. The minimum absolute atomic E-state index is 0.343. The van der Waals surface area contributed by atoms with Crippen molar-refractivity contribution in [2.24, 2.45) is 47.3 Å². The van der Waals surface area contributed by atoms with E-state index >= 15 is 0 Å². The largest absolute Gasteiger partial charge is 0.491 e. The summed E-state index contributed by atoms with van der Waals surface area (Å²) in [6, 6.07) is 29.4. The molecule has 3 aromatic rings. The van der Waals surface area contributed by atoms with Crippen LogP contribution in [-0.4, -0.2) is 58.0 Å². The molecule has 3 aromatic carbocycles. The Kier molecular flexibility index (Phi) is 38.5. The zero-order valence-corrected chi connectivity index (χ0v) is 47.1. The average Bonchev–Trinajstić information content (AvgIpc) is 4.33. The lowest BCUT2D eigenvalue weighted by molar-refractivity contribution is 0.259. The van der Waals surface area contributed by atoms with Crippen molar-refractivity contribution in [2.45, 2.75) is 205 Å². The lowest BCUT2D eigenvalue weighted by Gasteiger charge is -2.23. The summed E-state index contributed by atoms with van der Waals surface area (Å²) in [7, 11) is 0. The SMILES string of the molecule is C1CC2C3CCC(C3)C2C1.C1CC2C3CCC(C3)C2C1.CC.CC.CC.CC.CC.CCC.CCC.c1ccc(OCC2CO2)cc1.c1ccc(OCC2CO2)cc1.c1ccc(OCC2CO2)cc1. The van der Waals surface area contributed by atoms with E-state index in [-0.39, 0.29) is 0 Å². The molecule has 6 nitrogen and oxygen atoms in total. The fourth-order valence-corrected chi connectivity index (χ4v) is 10.6. The van der Waals surface area contributed by atoms with Crippen LogP contribution in [0.2, 0.25) is 0 Å². The summed E-state index contributed by atoms with van der Waals surface area (Å²) in [5, 5.41) is 0. The molecule has 69 heavy (non-hydrogen) atoms. The lowest BCUT2D eigenvalue weighted by atomic mass is 9.82. The van der Waals surface area contributed by atoms with E-state index in [4.69, 9.17) is 28.4 Å². The standard InChI is InChI=1S/2C10H16.3C9H10O2.2C3H8.5C2H6/c2*1-2-9-7-4-5-8(6-7)10(9)3-1;3*1-2-4-8(5-3-1)10-6-9-7-11-9;2*1-3-2;5*1-2/h2*7-10H,1-6H2;3*1-5,9H,6-7H2;2*3H2,1-2H3;5*1-2H3. The predicted molar refractivity (Wildman–Crippen MR) is 297 cm³/mol. The number of fused-ring (bicyclic) bond motifs is 10. The topological polar surface area (TPSA) is 65.3 Å². The minimum Gasteiger partial charge on any atom is -0.491 e. The van der Waals surface area contributed by atoms with Gasteiger partial charge in [0, 0.05) is 0 Å². The second-order valence-electron chi connectivity index (χ2n) is 18.3. The van der Waals surface area contributed by atoms with Gasteiger partial charge in [-0.05, 0) is 148 Å². The van der Waals surface area contributed by atoms with E-state index in [9.17, 15) is 0 Å². The lowest BCUT2D eigenvalue weighted by Crippen LogP contribution is -2.15. The van der Waals surface area contributed by atoms with Crippen molar-refractivity contribution >= 4 is 0 Å². The first-order valence-electron chi connectivity index (χ1n) is 29.0. The molecule has 11 unspecified atom stereocenters. The van der Waals surface area contributed by atoms with Crippen LogP contribution in [0.4, 0.5) is 0 Å². The maximum Gasteiger partial charge on any atom is 0.119 e. The Labute approximate surface area is 427 Å². The van der Waals surface area contributed by atoms with Crippen molar-refractivity contribution in [1.82, 2.24) is 0 Å². The van der Waals surface area contributed by atoms with Gasteiger partial charge in [-0.15, -0.1) is 0 Å². The molecular formula is C63H108O6. The fourth-order valence-electron chi connectivity index (χ4n) is 10.6. The highest BCUT2D eigenvalue weighted by Gasteiger charge is 2.49. The Morgan fingerprint density at radius 2 is 0.551 bits per heavy atom. The molecule has 9 aliphatic rings. The zero-order chi connectivity index (χ0) is 51.1. The van der Waals surface area contributed by atoms with E-state index in [1.54, 1.807) is 77.0 Å². The van der Waals surface area contributed by atoms with Crippen molar-refractivity contribution < 1.29 is 28.4 Å². The van der Waals surface area contributed by atoms with Crippen LogP contribution in [0.15, 0.2) is 91.0 Å². The van der Waals surface area contributed by atoms with E-state index in [1.165, 1.54) is 60.2 Å². The number of hydrogen-bond acceptors (Lipinski definition) is 6. The molecule has 12 rings (SSSR count). The zero-order valence-electron chi connectivity index (χ0n) is 47.1. The summed E-state index contributed by atoms with van der Waals surface area (Å²) in [5.41, 5.74) is 0. The van der Waals surface area contributed by atoms with Crippen LogP contribution in [0, 0.1) is 47.3 Å². The molecule has 9 fully saturated rings. The fraction of sp³-hybridized carbons (Fsp3) is 0.714. The van der Waals surface area contributed by atoms with Gasteiger partial charge in [-0.25, -0.2) is 0 Å². The normalized spacial score (nSPS) is 27.8. The van der Waals surface area contributed by atoms with Gasteiger partial charge in [-0.2, -0.15) is 0 Å². The van der Waals surface area contributed by atoms with Gasteiger partial charge >= 0.3 is 0 Å². The van der Waals surface area contributed by atoms with E-state index in [1.807, 2.05) is 160 Å². The Balaban J connectivity index is 0.000000401. The van der Waals surface area contributed by atoms with E-state index < -0.39 is 0 Å². The number of ether oxygens (including phenoxy) is 6. The van der Waals surface area contributed by atoms with Crippen LogP contribution in [-0.2, 0) is 14.2 Å². The van der Waals surface area contributed by atoms with Gasteiger partial charge in [0.25, 0.3) is 0 Å².